The van der Waals surface area contributed by atoms with Crippen molar-refractivity contribution in [3.8, 4) is 66.1 Å². The van der Waals surface area contributed by atoms with Crippen LogP contribution in [0.5, 0.6) is 23.0 Å². The van der Waals surface area contributed by atoms with E-state index < -0.39 is 0 Å². The Morgan fingerprint density at radius 3 is 0.962 bits per heavy atom. The first-order chi connectivity index (χ1) is 25.2. The average Bonchev–Trinajstić information content (AvgIpc) is 3.78. The summed E-state index contributed by atoms with van der Waals surface area (Å²) in [6.07, 6.45) is 0. The maximum atomic E-state index is 6.08. The van der Waals surface area contributed by atoms with Gasteiger partial charge in [-0.25, -0.2) is 0 Å². The number of aryl methyl sites for hydroxylation is 2. The molecule has 0 saturated heterocycles. The summed E-state index contributed by atoms with van der Waals surface area (Å²) in [4.78, 5) is 2.28. The third kappa shape index (κ3) is 6.51. The minimum atomic E-state index is 0.0478. The smallest absolute Gasteiger partial charge is 0.131 e. The molecule has 7 rings (SSSR count). The summed E-state index contributed by atoms with van der Waals surface area (Å²) in [5.41, 5.74) is 11.6. The van der Waals surface area contributed by atoms with E-state index in [0.29, 0.717) is 0 Å². The molecule has 0 aliphatic carbocycles. The van der Waals surface area contributed by atoms with Crippen molar-refractivity contribution in [2.24, 2.45) is 0 Å². The zero-order chi connectivity index (χ0) is 38.0. The van der Waals surface area contributed by atoms with Crippen LogP contribution in [0, 0.1) is 13.8 Å². The SMILES string of the molecule is COc1cc(C)cc(OC)c1-c1sc2c(sc3c(-c4ccc(C(C)(C)C)cc4)c(-c4c(OC)cc(C)cc4OC)sc32)c1-c1ccc(C(C)(C)C)cc1. The van der Waals surface area contributed by atoms with E-state index in [1.165, 1.54) is 52.2 Å². The van der Waals surface area contributed by atoms with Gasteiger partial charge in [-0.15, -0.1) is 34.0 Å². The van der Waals surface area contributed by atoms with Crippen molar-refractivity contribution in [1.29, 1.82) is 0 Å². The summed E-state index contributed by atoms with van der Waals surface area (Å²) in [6.45, 7) is 17.7. The lowest BCUT2D eigenvalue weighted by molar-refractivity contribution is 0.397. The van der Waals surface area contributed by atoms with Crippen LogP contribution < -0.4 is 18.9 Å². The van der Waals surface area contributed by atoms with Crippen LogP contribution >= 0.6 is 34.0 Å². The van der Waals surface area contributed by atoms with E-state index in [1.54, 1.807) is 28.4 Å². The van der Waals surface area contributed by atoms with Gasteiger partial charge in [0.15, 0.2) is 0 Å². The first-order valence-corrected chi connectivity index (χ1v) is 20.3. The number of thiophene rings is 3. The van der Waals surface area contributed by atoms with Crippen molar-refractivity contribution in [2.45, 2.75) is 66.2 Å². The van der Waals surface area contributed by atoms with Gasteiger partial charge >= 0.3 is 0 Å². The molecule has 0 radical (unpaired) electrons. The van der Waals surface area contributed by atoms with Gasteiger partial charge in [0.2, 0.25) is 0 Å². The highest BCUT2D eigenvalue weighted by Gasteiger charge is 2.30. The molecule has 0 N–H and O–H groups in total. The standard InChI is InChI=1S/C46H48O4S3/c1-25-21-31(47-9)37(32(22-25)48-10)39-35(27-13-17-29(18-14-27)45(3,4)5)41-43(51-39)44-42(53-41)36(28-15-19-30(20-16-28)46(6,7)8)40(52-44)38-33(49-11)23-26(2)24-34(38)50-12/h13-24H,1-12H3. The summed E-state index contributed by atoms with van der Waals surface area (Å²) in [5.74, 6) is 3.22. The Balaban J connectivity index is 1.60. The molecule has 4 nitrogen and oxygen atoms in total. The minimum absolute atomic E-state index is 0.0478. The van der Waals surface area contributed by atoms with E-state index in [9.17, 15) is 0 Å². The van der Waals surface area contributed by atoms with Gasteiger partial charge in [-0.2, -0.15) is 0 Å². The number of ether oxygens (including phenoxy) is 4. The third-order valence-corrected chi connectivity index (χ3v) is 14.0. The van der Waals surface area contributed by atoms with Crippen molar-refractivity contribution >= 4 is 52.8 Å². The Morgan fingerprint density at radius 1 is 0.396 bits per heavy atom. The van der Waals surface area contributed by atoms with Crippen molar-refractivity contribution in [2.75, 3.05) is 28.4 Å². The van der Waals surface area contributed by atoms with Gasteiger partial charge in [0.05, 0.1) is 68.1 Å². The fourth-order valence-corrected chi connectivity index (χ4v) is 11.8. The number of fused-ring (bicyclic) bond motifs is 3. The second-order valence-electron chi connectivity index (χ2n) is 15.8. The molecule has 0 spiro atoms. The largest absolute Gasteiger partial charge is 0.496 e. The quantitative estimate of drug-likeness (QED) is 0.155. The molecule has 0 saturated carbocycles. The predicted octanol–water partition coefficient (Wildman–Crippen LogP) is 14.1. The minimum Gasteiger partial charge on any atom is -0.496 e. The summed E-state index contributed by atoms with van der Waals surface area (Å²) in [7, 11) is 6.98. The molecule has 7 aromatic rings. The Morgan fingerprint density at radius 2 is 0.698 bits per heavy atom. The molecule has 0 unspecified atom stereocenters. The van der Waals surface area contributed by atoms with Crippen LogP contribution in [0.1, 0.15) is 63.8 Å². The number of hydrogen-bond donors (Lipinski definition) is 0. The van der Waals surface area contributed by atoms with Crippen LogP contribution in [0.2, 0.25) is 0 Å². The Bertz CT molecular complexity index is 2240. The molecule has 274 valence electrons. The second kappa shape index (κ2) is 13.8. The van der Waals surface area contributed by atoms with Crippen LogP contribution in [0.4, 0.5) is 0 Å². The fourth-order valence-electron chi connectivity index (χ4n) is 7.11. The van der Waals surface area contributed by atoms with Crippen LogP contribution in [0.15, 0.2) is 72.8 Å². The maximum Gasteiger partial charge on any atom is 0.131 e. The molecule has 0 atom stereocenters. The summed E-state index contributed by atoms with van der Waals surface area (Å²) < 4.78 is 29.3. The zero-order valence-electron chi connectivity index (χ0n) is 32.8. The Labute approximate surface area is 326 Å². The topological polar surface area (TPSA) is 36.9 Å². The van der Waals surface area contributed by atoms with Crippen molar-refractivity contribution in [3.63, 3.8) is 0 Å². The lowest BCUT2D eigenvalue weighted by Gasteiger charge is -2.20. The highest BCUT2D eigenvalue weighted by Crippen LogP contribution is 2.60. The highest BCUT2D eigenvalue weighted by molar-refractivity contribution is 7.41. The highest BCUT2D eigenvalue weighted by atomic mass is 32.1. The van der Waals surface area contributed by atoms with Gasteiger partial charge in [0.1, 0.15) is 23.0 Å². The third-order valence-electron chi connectivity index (χ3n) is 9.97. The first-order valence-electron chi connectivity index (χ1n) is 17.9. The summed E-state index contributed by atoms with van der Waals surface area (Å²) in [5, 5.41) is 0. The molecule has 3 heterocycles. The summed E-state index contributed by atoms with van der Waals surface area (Å²) >= 11 is 5.52. The van der Waals surface area contributed by atoms with E-state index in [0.717, 1.165) is 55.0 Å². The zero-order valence-corrected chi connectivity index (χ0v) is 35.2. The monoisotopic (exact) mass is 760 g/mol. The molecule has 0 bridgehead atoms. The predicted molar refractivity (Wildman–Crippen MR) is 230 cm³/mol. The van der Waals surface area contributed by atoms with Crippen LogP contribution in [-0.4, -0.2) is 28.4 Å². The maximum absolute atomic E-state index is 6.08. The van der Waals surface area contributed by atoms with Gasteiger partial charge in [0, 0.05) is 11.1 Å². The molecule has 4 aromatic carbocycles. The van der Waals surface area contributed by atoms with E-state index in [-0.39, 0.29) is 10.8 Å². The number of rotatable bonds is 8. The molecular weight excluding hydrogens is 713 g/mol. The summed E-state index contributed by atoms with van der Waals surface area (Å²) in [6, 6.07) is 26.7. The van der Waals surface area contributed by atoms with Gasteiger partial charge in [0.25, 0.3) is 0 Å². The van der Waals surface area contributed by atoms with Crippen molar-refractivity contribution in [1.82, 2.24) is 0 Å². The van der Waals surface area contributed by atoms with E-state index in [4.69, 9.17) is 18.9 Å². The average molecular weight is 761 g/mol. The Kier molecular flexibility index (Phi) is 9.67. The first kappa shape index (κ1) is 37.0. The van der Waals surface area contributed by atoms with E-state index >= 15 is 0 Å². The lowest BCUT2D eigenvalue weighted by atomic mass is 9.86. The number of methoxy groups -OCH3 is 4. The van der Waals surface area contributed by atoms with E-state index in [1.807, 2.05) is 34.0 Å². The van der Waals surface area contributed by atoms with Crippen molar-refractivity contribution in [3.05, 3.63) is 95.1 Å². The normalized spacial score (nSPS) is 12.2. The Hall–Kier alpha value is -4.30. The fraction of sp³-hybridized carbons (Fsp3) is 0.304. The molecule has 0 amide bonds. The molecule has 0 aliphatic rings. The molecule has 53 heavy (non-hydrogen) atoms. The van der Waals surface area contributed by atoms with Gasteiger partial charge in [-0.1, -0.05) is 90.1 Å². The lowest BCUT2D eigenvalue weighted by Crippen LogP contribution is -2.10. The molecule has 7 heteroatoms. The molecule has 0 fully saturated rings. The second-order valence-corrected chi connectivity index (χ2v) is 18.8. The molecular formula is C46H48O4S3. The van der Waals surface area contributed by atoms with Gasteiger partial charge in [-0.3, -0.25) is 0 Å². The van der Waals surface area contributed by atoms with Crippen LogP contribution in [0.25, 0.3) is 61.9 Å². The van der Waals surface area contributed by atoms with Crippen LogP contribution in [0.3, 0.4) is 0 Å². The molecule has 0 aliphatic heterocycles. The van der Waals surface area contributed by atoms with Gasteiger partial charge in [-0.05, 0) is 82.3 Å². The number of benzene rings is 4. The van der Waals surface area contributed by atoms with E-state index in [2.05, 4.69) is 128 Å². The molecule has 3 aromatic heterocycles. The van der Waals surface area contributed by atoms with Crippen LogP contribution in [-0.2, 0) is 10.8 Å². The number of hydrogen-bond acceptors (Lipinski definition) is 7. The van der Waals surface area contributed by atoms with Crippen molar-refractivity contribution < 1.29 is 18.9 Å². The van der Waals surface area contributed by atoms with Gasteiger partial charge < -0.3 is 18.9 Å².